The van der Waals surface area contributed by atoms with E-state index in [2.05, 4.69) is 10.0 Å². The summed E-state index contributed by atoms with van der Waals surface area (Å²) in [5.41, 5.74) is 8.32. The van der Waals surface area contributed by atoms with E-state index in [1.165, 1.54) is 0 Å². The number of azide groups is 1. The fourth-order valence-corrected chi connectivity index (χ4v) is 2.37. The second kappa shape index (κ2) is 4.74. The Morgan fingerprint density at radius 1 is 1.39 bits per heavy atom. The van der Waals surface area contributed by atoms with Crippen LogP contribution in [-0.4, -0.2) is 47.8 Å². The Labute approximate surface area is 103 Å². The van der Waals surface area contributed by atoms with E-state index in [1.807, 2.05) is 0 Å². The van der Waals surface area contributed by atoms with Crippen LogP contribution in [0.15, 0.2) is 5.11 Å². The lowest BCUT2D eigenvalue weighted by Gasteiger charge is -2.23. The number of aliphatic carboxylic acids is 1. The molecule has 100 valence electrons. The van der Waals surface area contributed by atoms with E-state index in [1.54, 1.807) is 13.8 Å². The summed E-state index contributed by atoms with van der Waals surface area (Å²) in [7, 11) is 0. The van der Waals surface area contributed by atoms with Crippen molar-refractivity contribution in [1.82, 2.24) is 0 Å². The van der Waals surface area contributed by atoms with Gasteiger partial charge in [0.15, 0.2) is 5.79 Å². The lowest BCUT2D eigenvalue weighted by molar-refractivity contribution is -0.188. The predicted molar refractivity (Wildman–Crippen MR) is 58.8 cm³/mol. The Morgan fingerprint density at radius 2 is 2.00 bits per heavy atom. The van der Waals surface area contributed by atoms with Gasteiger partial charge in [0, 0.05) is 4.91 Å². The Bertz CT molecular complexity index is 373. The number of nitrogens with zero attached hydrogens (tertiary/aromatic N) is 3. The molecule has 4 atom stereocenters. The molecule has 2 aliphatic heterocycles. The molecular weight excluding hydrogens is 242 g/mol. The predicted octanol–water partition coefficient (Wildman–Crippen LogP) is 1.06. The normalized spacial score (nSPS) is 37.0. The highest BCUT2D eigenvalue weighted by Crippen LogP contribution is 2.39. The van der Waals surface area contributed by atoms with Crippen molar-refractivity contribution in [1.29, 1.82) is 0 Å². The van der Waals surface area contributed by atoms with Gasteiger partial charge in [0.2, 0.25) is 0 Å². The van der Waals surface area contributed by atoms with Gasteiger partial charge in [0.05, 0.1) is 25.2 Å². The molecule has 1 N–H and O–H groups in total. The van der Waals surface area contributed by atoms with Crippen LogP contribution in [0, 0.1) is 0 Å². The van der Waals surface area contributed by atoms with Crippen LogP contribution in [0.25, 0.3) is 10.4 Å². The van der Waals surface area contributed by atoms with Crippen LogP contribution in [0.3, 0.4) is 0 Å². The van der Waals surface area contributed by atoms with Gasteiger partial charge in [-0.15, -0.1) is 0 Å². The minimum atomic E-state index is -0.962. The average Bonchev–Trinajstić information content (AvgIpc) is 2.71. The van der Waals surface area contributed by atoms with Crippen molar-refractivity contribution >= 4 is 5.97 Å². The van der Waals surface area contributed by atoms with E-state index in [9.17, 15) is 4.79 Å². The van der Waals surface area contributed by atoms with Gasteiger partial charge < -0.3 is 19.3 Å². The van der Waals surface area contributed by atoms with Gasteiger partial charge in [-0.05, 0) is 19.4 Å². The van der Waals surface area contributed by atoms with E-state index in [0.717, 1.165) is 0 Å². The molecule has 0 aliphatic carbocycles. The molecule has 0 aromatic rings. The fraction of sp³-hybridized carbons (Fsp3) is 0.900. The lowest BCUT2D eigenvalue weighted by Crippen LogP contribution is -2.31. The topological polar surface area (TPSA) is 114 Å². The third-order valence-electron chi connectivity index (χ3n) is 2.95. The second-order valence-corrected chi connectivity index (χ2v) is 4.79. The standard InChI is InChI=1S/C10H15N3O5/c1-10(2)17-8-5(3-7(14)15)16-6(4-12-13-11)9(8)18-10/h5-6,8-9H,3-4H2,1-2H3,(H,14,15)/t5?,6-,8?,9?/m1/s1. The monoisotopic (exact) mass is 257 g/mol. The lowest BCUT2D eigenvalue weighted by atomic mass is 10.1. The Kier molecular flexibility index (Phi) is 3.45. The number of fused-ring (bicyclic) bond motifs is 1. The first-order valence-corrected chi connectivity index (χ1v) is 5.67. The van der Waals surface area contributed by atoms with Crippen LogP contribution in [0.2, 0.25) is 0 Å². The van der Waals surface area contributed by atoms with Gasteiger partial charge in [-0.25, -0.2) is 0 Å². The van der Waals surface area contributed by atoms with Crippen LogP contribution < -0.4 is 0 Å². The van der Waals surface area contributed by atoms with Crippen molar-refractivity contribution in [3.8, 4) is 0 Å². The molecule has 8 heteroatoms. The zero-order valence-corrected chi connectivity index (χ0v) is 10.1. The molecule has 0 saturated carbocycles. The molecule has 8 nitrogen and oxygen atoms in total. The van der Waals surface area contributed by atoms with Crippen molar-refractivity contribution in [3.05, 3.63) is 10.4 Å². The van der Waals surface area contributed by atoms with Crippen molar-refractivity contribution in [3.63, 3.8) is 0 Å². The van der Waals surface area contributed by atoms with Crippen molar-refractivity contribution in [2.24, 2.45) is 5.11 Å². The number of carboxylic acids is 1. The van der Waals surface area contributed by atoms with Gasteiger partial charge in [0.1, 0.15) is 12.2 Å². The van der Waals surface area contributed by atoms with Crippen molar-refractivity contribution in [2.45, 2.75) is 50.5 Å². The smallest absolute Gasteiger partial charge is 0.306 e. The highest BCUT2D eigenvalue weighted by atomic mass is 16.8. The Morgan fingerprint density at radius 3 is 2.56 bits per heavy atom. The minimum Gasteiger partial charge on any atom is -0.481 e. The first-order valence-electron chi connectivity index (χ1n) is 5.67. The first-order chi connectivity index (χ1) is 8.43. The Balaban J connectivity index is 2.12. The molecule has 0 aromatic heterocycles. The number of carbonyl (C=O) groups is 1. The zero-order valence-electron chi connectivity index (χ0n) is 10.1. The second-order valence-electron chi connectivity index (χ2n) is 4.79. The molecular formula is C10H15N3O5. The molecule has 2 fully saturated rings. The van der Waals surface area contributed by atoms with E-state index in [0.29, 0.717) is 0 Å². The quantitative estimate of drug-likeness (QED) is 0.459. The maximum absolute atomic E-state index is 10.8. The minimum absolute atomic E-state index is 0.104. The number of ether oxygens (including phenoxy) is 3. The number of hydrogen-bond donors (Lipinski definition) is 1. The summed E-state index contributed by atoms with van der Waals surface area (Å²) in [6.07, 6.45) is -2.03. The van der Waals surface area contributed by atoms with Crippen LogP contribution in [0.5, 0.6) is 0 Å². The molecule has 0 spiro atoms. The SMILES string of the molecule is CC1(C)OC2C(CC(=O)O)O[C@H](CN=[N+]=[N-])C2O1. The molecule has 0 amide bonds. The molecule has 2 rings (SSSR count). The van der Waals surface area contributed by atoms with Crippen LogP contribution in [-0.2, 0) is 19.0 Å². The highest BCUT2D eigenvalue weighted by molar-refractivity contribution is 5.67. The first kappa shape index (κ1) is 13.1. The highest BCUT2D eigenvalue weighted by Gasteiger charge is 2.55. The molecule has 0 bridgehead atoms. The maximum atomic E-state index is 10.8. The van der Waals surface area contributed by atoms with Gasteiger partial charge in [0.25, 0.3) is 0 Å². The summed E-state index contributed by atoms with van der Waals surface area (Å²) >= 11 is 0. The molecule has 0 aromatic carbocycles. The third kappa shape index (κ3) is 2.56. The summed E-state index contributed by atoms with van der Waals surface area (Å²) in [6, 6.07) is 0. The summed E-state index contributed by atoms with van der Waals surface area (Å²) in [5, 5.41) is 12.3. The Hall–Kier alpha value is -1.34. The third-order valence-corrected chi connectivity index (χ3v) is 2.95. The summed E-state index contributed by atoms with van der Waals surface area (Å²) in [5.74, 6) is -1.73. The van der Waals surface area contributed by atoms with Gasteiger partial charge in [-0.1, -0.05) is 5.11 Å². The molecule has 2 saturated heterocycles. The summed E-state index contributed by atoms with van der Waals surface area (Å²) < 4.78 is 16.9. The van der Waals surface area contributed by atoms with Crippen molar-refractivity contribution < 1.29 is 24.1 Å². The molecule has 0 radical (unpaired) electrons. The molecule has 2 heterocycles. The summed E-state index contributed by atoms with van der Waals surface area (Å²) in [4.78, 5) is 13.4. The van der Waals surface area contributed by atoms with Gasteiger partial charge in [-0.3, -0.25) is 4.79 Å². The van der Waals surface area contributed by atoms with Gasteiger partial charge in [-0.2, -0.15) is 0 Å². The summed E-state index contributed by atoms with van der Waals surface area (Å²) in [6.45, 7) is 3.62. The maximum Gasteiger partial charge on any atom is 0.306 e. The number of rotatable bonds is 4. The number of carboxylic acid groups (broad SMARTS) is 1. The molecule has 18 heavy (non-hydrogen) atoms. The van der Waals surface area contributed by atoms with E-state index >= 15 is 0 Å². The molecule has 3 unspecified atom stereocenters. The number of hydrogen-bond acceptors (Lipinski definition) is 5. The van der Waals surface area contributed by atoms with Crippen molar-refractivity contribution in [2.75, 3.05) is 6.54 Å². The van der Waals surface area contributed by atoms with Crippen LogP contribution in [0.1, 0.15) is 20.3 Å². The van der Waals surface area contributed by atoms with Gasteiger partial charge >= 0.3 is 5.97 Å². The zero-order chi connectivity index (χ0) is 13.3. The molecule has 2 aliphatic rings. The van der Waals surface area contributed by atoms with Crippen LogP contribution >= 0.6 is 0 Å². The van der Waals surface area contributed by atoms with E-state index < -0.39 is 36.2 Å². The van der Waals surface area contributed by atoms with E-state index in [-0.39, 0.29) is 13.0 Å². The largest absolute Gasteiger partial charge is 0.481 e. The van der Waals surface area contributed by atoms with E-state index in [4.69, 9.17) is 24.8 Å². The van der Waals surface area contributed by atoms with Crippen LogP contribution in [0.4, 0.5) is 0 Å². The fourth-order valence-electron chi connectivity index (χ4n) is 2.37. The average molecular weight is 257 g/mol.